The molecule has 1 aliphatic rings. The Morgan fingerprint density at radius 3 is 2.41 bits per heavy atom. The Bertz CT molecular complexity index is 1120. The van der Waals surface area contributed by atoms with E-state index in [4.69, 9.17) is 4.74 Å². The Morgan fingerprint density at radius 1 is 0.828 bits per heavy atom. The molecule has 2 aromatic carbocycles. The highest BCUT2D eigenvalue weighted by Crippen LogP contribution is 2.29. The first-order valence-electron chi connectivity index (χ1n) is 9.84. The van der Waals surface area contributed by atoms with Crippen molar-refractivity contribution >= 4 is 17.0 Å². The van der Waals surface area contributed by atoms with Gasteiger partial charge in [-0.05, 0) is 35.9 Å². The highest BCUT2D eigenvalue weighted by molar-refractivity contribution is 5.78. The zero-order valence-corrected chi connectivity index (χ0v) is 16.4. The number of benzene rings is 2. The summed E-state index contributed by atoms with van der Waals surface area (Å²) in [4.78, 5) is 9.40. The van der Waals surface area contributed by atoms with Crippen LogP contribution < -0.4 is 14.5 Å². The molecule has 0 unspecified atom stereocenters. The van der Waals surface area contributed by atoms with E-state index in [1.165, 1.54) is 5.69 Å². The molecule has 146 valence electrons. The fraction of sp³-hybridized carbons (Fsp3) is 0.217. The van der Waals surface area contributed by atoms with Gasteiger partial charge in [0.05, 0.1) is 7.11 Å². The molecule has 0 spiro atoms. The maximum absolute atomic E-state index is 5.37. The quantitative estimate of drug-likeness (QED) is 0.536. The van der Waals surface area contributed by atoms with Crippen molar-refractivity contribution in [3.8, 4) is 16.9 Å². The van der Waals surface area contributed by atoms with Crippen molar-refractivity contribution < 1.29 is 4.74 Å². The van der Waals surface area contributed by atoms with Gasteiger partial charge in [0.1, 0.15) is 17.6 Å². The van der Waals surface area contributed by atoms with Crippen LogP contribution in [0.5, 0.6) is 5.75 Å². The zero-order valence-electron chi connectivity index (χ0n) is 16.4. The van der Waals surface area contributed by atoms with Gasteiger partial charge in [0.25, 0.3) is 0 Å². The number of fused-ring (bicyclic) bond motifs is 1. The van der Waals surface area contributed by atoms with Crippen LogP contribution >= 0.6 is 0 Å². The number of piperazine rings is 1. The van der Waals surface area contributed by atoms with Crippen LogP contribution in [0.4, 0.5) is 11.5 Å². The molecule has 1 aliphatic heterocycles. The average molecular weight is 385 g/mol. The second-order valence-electron chi connectivity index (χ2n) is 7.18. The molecule has 0 atom stereocenters. The van der Waals surface area contributed by atoms with Crippen LogP contribution in [0, 0.1) is 0 Å². The predicted molar refractivity (Wildman–Crippen MR) is 116 cm³/mol. The molecule has 4 aromatic rings. The molecule has 6 nitrogen and oxygen atoms in total. The Hall–Kier alpha value is -3.54. The van der Waals surface area contributed by atoms with Crippen molar-refractivity contribution in [2.45, 2.75) is 0 Å². The van der Waals surface area contributed by atoms with Crippen LogP contribution in [-0.2, 0) is 0 Å². The monoisotopic (exact) mass is 385 g/mol. The highest BCUT2D eigenvalue weighted by atomic mass is 16.5. The van der Waals surface area contributed by atoms with Gasteiger partial charge in [-0.3, -0.25) is 0 Å². The second kappa shape index (κ2) is 7.47. The normalized spacial score (nSPS) is 14.4. The predicted octanol–water partition coefficient (Wildman–Crippen LogP) is 3.73. The number of para-hydroxylation sites is 1. The maximum Gasteiger partial charge on any atom is 0.156 e. The van der Waals surface area contributed by atoms with Gasteiger partial charge in [-0.1, -0.05) is 30.3 Å². The number of anilines is 2. The first kappa shape index (κ1) is 17.6. The van der Waals surface area contributed by atoms with E-state index in [0.717, 1.165) is 54.4 Å². The SMILES string of the molecule is COc1cccc(-c2cc3c(N4CCN(c5ccccc5)CC4)ncnn3c2)c1. The summed E-state index contributed by atoms with van der Waals surface area (Å²) < 4.78 is 7.29. The first-order valence-corrected chi connectivity index (χ1v) is 9.84. The molecule has 0 aliphatic carbocycles. The summed E-state index contributed by atoms with van der Waals surface area (Å²) in [6.07, 6.45) is 3.69. The van der Waals surface area contributed by atoms with E-state index in [9.17, 15) is 0 Å². The van der Waals surface area contributed by atoms with E-state index < -0.39 is 0 Å². The van der Waals surface area contributed by atoms with E-state index in [-0.39, 0.29) is 0 Å². The number of nitrogens with zero attached hydrogens (tertiary/aromatic N) is 5. The molecule has 1 saturated heterocycles. The number of hydrogen-bond donors (Lipinski definition) is 0. The van der Waals surface area contributed by atoms with Gasteiger partial charge in [0.2, 0.25) is 0 Å². The van der Waals surface area contributed by atoms with E-state index in [1.54, 1.807) is 13.4 Å². The van der Waals surface area contributed by atoms with Gasteiger partial charge in [-0.2, -0.15) is 5.10 Å². The maximum atomic E-state index is 5.37. The van der Waals surface area contributed by atoms with Crippen LogP contribution in [0.25, 0.3) is 16.6 Å². The third-order valence-corrected chi connectivity index (χ3v) is 5.49. The first-order chi connectivity index (χ1) is 14.3. The van der Waals surface area contributed by atoms with Gasteiger partial charge in [0, 0.05) is 43.6 Å². The lowest BCUT2D eigenvalue weighted by atomic mass is 10.1. The van der Waals surface area contributed by atoms with Gasteiger partial charge in [0.15, 0.2) is 5.82 Å². The molecule has 5 rings (SSSR count). The zero-order chi connectivity index (χ0) is 19.6. The van der Waals surface area contributed by atoms with E-state index in [1.807, 2.05) is 22.7 Å². The van der Waals surface area contributed by atoms with Crippen molar-refractivity contribution in [3.63, 3.8) is 0 Å². The molecule has 0 bridgehead atoms. The Kier molecular flexibility index (Phi) is 4.52. The molecule has 2 aromatic heterocycles. The topological polar surface area (TPSA) is 45.9 Å². The van der Waals surface area contributed by atoms with Gasteiger partial charge < -0.3 is 14.5 Å². The number of aromatic nitrogens is 3. The molecule has 0 radical (unpaired) electrons. The van der Waals surface area contributed by atoms with Crippen molar-refractivity contribution in [1.29, 1.82) is 0 Å². The van der Waals surface area contributed by atoms with Crippen LogP contribution in [0.15, 0.2) is 73.2 Å². The molecule has 29 heavy (non-hydrogen) atoms. The van der Waals surface area contributed by atoms with Crippen molar-refractivity contribution in [3.05, 3.63) is 73.2 Å². The molecule has 0 saturated carbocycles. The van der Waals surface area contributed by atoms with E-state index in [0.29, 0.717) is 0 Å². The summed E-state index contributed by atoms with van der Waals surface area (Å²) in [7, 11) is 1.69. The molecular formula is C23H23N5O. The Balaban J connectivity index is 1.42. The van der Waals surface area contributed by atoms with Crippen LogP contribution in [0.3, 0.4) is 0 Å². The minimum atomic E-state index is 0.848. The lowest BCUT2D eigenvalue weighted by Crippen LogP contribution is -2.47. The fourth-order valence-corrected chi connectivity index (χ4v) is 3.94. The average Bonchev–Trinajstić information content (AvgIpc) is 3.24. The molecule has 6 heteroatoms. The third-order valence-electron chi connectivity index (χ3n) is 5.49. The number of rotatable bonds is 4. The van der Waals surface area contributed by atoms with Crippen molar-refractivity contribution in [1.82, 2.24) is 14.6 Å². The third kappa shape index (κ3) is 3.38. The smallest absolute Gasteiger partial charge is 0.156 e. The molecule has 0 amide bonds. The Labute approximate surface area is 170 Å². The van der Waals surface area contributed by atoms with Crippen molar-refractivity contribution in [2.24, 2.45) is 0 Å². The summed E-state index contributed by atoms with van der Waals surface area (Å²) >= 11 is 0. The largest absolute Gasteiger partial charge is 0.497 e. The van der Waals surface area contributed by atoms with Crippen LogP contribution in [0.2, 0.25) is 0 Å². The highest BCUT2D eigenvalue weighted by Gasteiger charge is 2.21. The fourth-order valence-electron chi connectivity index (χ4n) is 3.94. The summed E-state index contributed by atoms with van der Waals surface area (Å²) in [5, 5.41) is 4.43. The summed E-state index contributed by atoms with van der Waals surface area (Å²) in [6, 6.07) is 20.8. The molecule has 0 N–H and O–H groups in total. The number of hydrogen-bond acceptors (Lipinski definition) is 5. The van der Waals surface area contributed by atoms with Gasteiger partial charge in [-0.15, -0.1) is 0 Å². The van der Waals surface area contributed by atoms with Gasteiger partial charge >= 0.3 is 0 Å². The van der Waals surface area contributed by atoms with E-state index >= 15 is 0 Å². The Morgan fingerprint density at radius 2 is 1.62 bits per heavy atom. The molecular weight excluding hydrogens is 362 g/mol. The van der Waals surface area contributed by atoms with Crippen molar-refractivity contribution in [2.75, 3.05) is 43.1 Å². The van der Waals surface area contributed by atoms with Gasteiger partial charge in [-0.25, -0.2) is 9.50 Å². The summed E-state index contributed by atoms with van der Waals surface area (Å²) in [5.41, 5.74) is 4.52. The summed E-state index contributed by atoms with van der Waals surface area (Å²) in [6.45, 7) is 3.82. The van der Waals surface area contributed by atoms with Crippen LogP contribution in [-0.4, -0.2) is 47.9 Å². The lowest BCUT2D eigenvalue weighted by Gasteiger charge is -2.36. The second-order valence-corrected chi connectivity index (χ2v) is 7.18. The number of methoxy groups -OCH3 is 1. The lowest BCUT2D eigenvalue weighted by molar-refractivity contribution is 0.415. The minimum Gasteiger partial charge on any atom is -0.497 e. The minimum absolute atomic E-state index is 0.848. The standard InChI is InChI=1S/C23H23N5O/c1-29-21-9-5-6-18(14-21)19-15-22-23(24-17-25-28(22)16-19)27-12-10-26(11-13-27)20-7-3-2-4-8-20/h2-9,14-17H,10-13H2,1H3. The molecule has 1 fully saturated rings. The molecule has 3 heterocycles. The van der Waals surface area contributed by atoms with E-state index in [2.05, 4.69) is 68.5 Å². The number of ether oxygens (including phenoxy) is 1. The van der Waals surface area contributed by atoms with Crippen LogP contribution in [0.1, 0.15) is 0 Å². The summed E-state index contributed by atoms with van der Waals surface area (Å²) in [5.74, 6) is 1.84.